The van der Waals surface area contributed by atoms with Crippen molar-refractivity contribution in [3.8, 4) is 0 Å². The van der Waals surface area contributed by atoms with E-state index < -0.39 is 0 Å². The normalized spacial score (nSPS) is 10.6. The van der Waals surface area contributed by atoms with Gasteiger partial charge in [-0.3, -0.25) is 9.59 Å². The van der Waals surface area contributed by atoms with E-state index in [2.05, 4.69) is 52.2 Å². The number of rotatable bonds is 8. The zero-order chi connectivity index (χ0) is 19.8. The van der Waals surface area contributed by atoms with E-state index in [1.54, 1.807) is 12.1 Å². The molecule has 2 amide bonds. The molecular weight excluding hydrogens is 406 g/mol. The van der Waals surface area contributed by atoms with E-state index in [1.807, 2.05) is 36.4 Å². The first-order valence-corrected chi connectivity index (χ1v) is 9.90. The summed E-state index contributed by atoms with van der Waals surface area (Å²) in [6.45, 7) is 7.65. The molecule has 0 atom stereocenters. The van der Waals surface area contributed by atoms with Gasteiger partial charge in [-0.2, -0.15) is 0 Å². The van der Waals surface area contributed by atoms with Crippen LogP contribution in [0.15, 0.2) is 53.0 Å². The van der Waals surface area contributed by atoms with Crippen LogP contribution in [0.2, 0.25) is 0 Å². The fourth-order valence-corrected chi connectivity index (χ4v) is 3.06. The van der Waals surface area contributed by atoms with Crippen molar-refractivity contribution in [3.63, 3.8) is 0 Å². The lowest BCUT2D eigenvalue weighted by molar-refractivity contribution is -0.116. The lowest BCUT2D eigenvalue weighted by atomic mass is 10.2. The second kappa shape index (κ2) is 10.1. The van der Waals surface area contributed by atoms with Gasteiger partial charge in [0.1, 0.15) is 0 Å². The Morgan fingerprint density at radius 1 is 1.04 bits per heavy atom. The van der Waals surface area contributed by atoms with Crippen LogP contribution in [-0.4, -0.2) is 30.9 Å². The molecule has 2 aromatic carbocycles. The van der Waals surface area contributed by atoms with E-state index in [1.165, 1.54) is 0 Å². The van der Waals surface area contributed by atoms with Crippen LogP contribution in [0.5, 0.6) is 0 Å². The third-order valence-electron chi connectivity index (χ3n) is 4.19. The van der Waals surface area contributed by atoms with E-state index >= 15 is 0 Å². The lowest BCUT2D eigenvalue weighted by Crippen LogP contribution is -2.30. The smallest absolute Gasteiger partial charge is 0.251 e. The number of carbonyl (C=O) groups excluding carboxylic acids is 2. The largest absolute Gasteiger partial charge is 0.369 e. The predicted octanol–water partition coefficient (Wildman–Crippen LogP) is 4.44. The van der Waals surface area contributed by atoms with Gasteiger partial charge >= 0.3 is 0 Å². The van der Waals surface area contributed by atoms with Crippen LogP contribution in [0.4, 0.5) is 11.4 Å². The zero-order valence-corrected chi connectivity index (χ0v) is 17.5. The molecule has 0 aliphatic carbocycles. The van der Waals surface area contributed by atoms with Crippen molar-refractivity contribution in [1.82, 2.24) is 5.32 Å². The first-order chi connectivity index (χ1) is 12.9. The Morgan fingerprint density at radius 2 is 1.67 bits per heavy atom. The number of nitrogens with zero attached hydrogens (tertiary/aromatic N) is 1. The maximum atomic E-state index is 12.1. The van der Waals surface area contributed by atoms with Crippen molar-refractivity contribution in [2.75, 3.05) is 23.3 Å². The highest BCUT2D eigenvalue weighted by Gasteiger charge is 2.09. The Kier molecular flexibility index (Phi) is 7.85. The molecule has 0 unspecified atom stereocenters. The molecule has 2 N–H and O–H groups in total. The Hall–Kier alpha value is -2.34. The van der Waals surface area contributed by atoms with Crippen molar-refractivity contribution >= 4 is 39.1 Å². The summed E-state index contributed by atoms with van der Waals surface area (Å²) in [6.07, 6.45) is 0.219. The van der Waals surface area contributed by atoms with Gasteiger partial charge in [-0.15, -0.1) is 0 Å². The zero-order valence-electron chi connectivity index (χ0n) is 16.0. The molecule has 5 nitrogen and oxygen atoms in total. The Morgan fingerprint density at radius 3 is 2.22 bits per heavy atom. The summed E-state index contributed by atoms with van der Waals surface area (Å²) in [4.78, 5) is 26.4. The molecule has 2 aromatic rings. The van der Waals surface area contributed by atoms with Gasteiger partial charge in [0.2, 0.25) is 5.91 Å². The third kappa shape index (κ3) is 6.40. The van der Waals surface area contributed by atoms with Gasteiger partial charge in [0.05, 0.1) is 0 Å². The standard InChI is InChI=1S/C21H26BrN3O2/c1-4-25(15(2)3)19-11-9-18(10-12-19)24-20(26)13-14-23-21(27)16-5-7-17(22)8-6-16/h5-12,15H,4,13-14H2,1-3H3,(H,23,27)(H,24,26). The fourth-order valence-electron chi connectivity index (χ4n) is 2.80. The number of anilines is 2. The van der Waals surface area contributed by atoms with Gasteiger partial charge < -0.3 is 15.5 Å². The van der Waals surface area contributed by atoms with Gasteiger partial charge in [-0.1, -0.05) is 15.9 Å². The van der Waals surface area contributed by atoms with Crippen LogP contribution in [0, 0.1) is 0 Å². The lowest BCUT2D eigenvalue weighted by Gasteiger charge is -2.27. The Labute approximate surface area is 169 Å². The first-order valence-electron chi connectivity index (χ1n) is 9.11. The van der Waals surface area contributed by atoms with Crippen LogP contribution in [0.25, 0.3) is 0 Å². The van der Waals surface area contributed by atoms with Gasteiger partial charge in [-0.25, -0.2) is 0 Å². The average molecular weight is 432 g/mol. The van der Waals surface area contributed by atoms with Crippen molar-refractivity contribution < 1.29 is 9.59 Å². The van der Waals surface area contributed by atoms with E-state index in [0.29, 0.717) is 11.6 Å². The third-order valence-corrected chi connectivity index (χ3v) is 4.72. The molecule has 0 aliphatic rings. The fraction of sp³-hybridized carbons (Fsp3) is 0.333. The highest BCUT2D eigenvalue weighted by Crippen LogP contribution is 2.20. The summed E-state index contributed by atoms with van der Waals surface area (Å²) in [5.41, 5.74) is 2.45. The number of halogens is 1. The minimum absolute atomic E-state index is 0.130. The number of hydrogen-bond donors (Lipinski definition) is 2. The molecule has 0 aromatic heterocycles. The number of benzene rings is 2. The maximum absolute atomic E-state index is 12.1. The van der Waals surface area contributed by atoms with Gasteiger partial charge in [0.25, 0.3) is 5.91 Å². The predicted molar refractivity (Wildman–Crippen MR) is 114 cm³/mol. The van der Waals surface area contributed by atoms with Crippen LogP contribution in [-0.2, 0) is 4.79 Å². The van der Waals surface area contributed by atoms with Crippen molar-refractivity contribution in [1.29, 1.82) is 0 Å². The summed E-state index contributed by atoms with van der Waals surface area (Å²) >= 11 is 3.33. The Bertz CT molecular complexity index is 758. The molecule has 6 heteroatoms. The minimum Gasteiger partial charge on any atom is -0.369 e. The molecule has 0 saturated heterocycles. The minimum atomic E-state index is -0.187. The SMILES string of the molecule is CCN(c1ccc(NC(=O)CCNC(=O)c2ccc(Br)cc2)cc1)C(C)C. The van der Waals surface area contributed by atoms with Crippen LogP contribution < -0.4 is 15.5 Å². The molecule has 2 rings (SSSR count). The van der Waals surface area contributed by atoms with Crippen molar-refractivity contribution in [3.05, 3.63) is 58.6 Å². The monoisotopic (exact) mass is 431 g/mol. The summed E-state index contributed by atoms with van der Waals surface area (Å²) in [6, 6.07) is 15.3. The maximum Gasteiger partial charge on any atom is 0.251 e. The van der Waals surface area contributed by atoms with Crippen LogP contribution >= 0.6 is 15.9 Å². The summed E-state index contributed by atoms with van der Waals surface area (Å²) in [5.74, 6) is -0.317. The highest BCUT2D eigenvalue weighted by atomic mass is 79.9. The molecule has 0 fully saturated rings. The summed E-state index contributed by atoms with van der Waals surface area (Å²) < 4.78 is 0.917. The summed E-state index contributed by atoms with van der Waals surface area (Å²) in [7, 11) is 0. The number of amides is 2. The first kappa shape index (κ1) is 21.0. The van der Waals surface area contributed by atoms with E-state index in [9.17, 15) is 9.59 Å². The number of hydrogen-bond acceptors (Lipinski definition) is 3. The van der Waals surface area contributed by atoms with Crippen LogP contribution in [0.1, 0.15) is 37.6 Å². The number of carbonyl (C=O) groups is 2. The van der Waals surface area contributed by atoms with Gasteiger partial charge in [0, 0.05) is 47.0 Å². The van der Waals surface area contributed by atoms with Gasteiger partial charge in [-0.05, 0) is 69.3 Å². The number of nitrogens with one attached hydrogen (secondary N) is 2. The van der Waals surface area contributed by atoms with E-state index in [0.717, 1.165) is 22.4 Å². The van der Waals surface area contributed by atoms with Gasteiger partial charge in [0.15, 0.2) is 0 Å². The molecular formula is C21H26BrN3O2. The second-order valence-electron chi connectivity index (χ2n) is 6.49. The van der Waals surface area contributed by atoms with Crippen molar-refractivity contribution in [2.45, 2.75) is 33.2 Å². The second-order valence-corrected chi connectivity index (χ2v) is 7.40. The molecule has 0 radical (unpaired) electrons. The molecule has 0 heterocycles. The summed E-state index contributed by atoms with van der Waals surface area (Å²) in [5, 5.41) is 5.62. The Balaban J connectivity index is 1.80. The molecule has 144 valence electrons. The molecule has 27 heavy (non-hydrogen) atoms. The molecule has 0 aliphatic heterocycles. The average Bonchev–Trinajstić information content (AvgIpc) is 2.64. The topological polar surface area (TPSA) is 61.4 Å². The van der Waals surface area contributed by atoms with Crippen molar-refractivity contribution in [2.24, 2.45) is 0 Å². The molecule has 0 saturated carbocycles. The van der Waals surface area contributed by atoms with Crippen LogP contribution in [0.3, 0.4) is 0 Å². The quantitative estimate of drug-likeness (QED) is 0.648. The molecule has 0 bridgehead atoms. The van der Waals surface area contributed by atoms with E-state index in [4.69, 9.17) is 0 Å². The molecule has 0 spiro atoms. The van der Waals surface area contributed by atoms with E-state index in [-0.39, 0.29) is 24.8 Å². The highest BCUT2D eigenvalue weighted by molar-refractivity contribution is 9.10.